The number of para-hydroxylation sites is 1. The Morgan fingerprint density at radius 3 is 2.63 bits per heavy atom. The number of fused-ring (bicyclic) bond motifs is 1. The zero-order valence-electron chi connectivity index (χ0n) is 10.7. The van der Waals surface area contributed by atoms with E-state index in [2.05, 4.69) is 53.9 Å². The zero-order valence-corrected chi connectivity index (χ0v) is 11.5. The van der Waals surface area contributed by atoms with E-state index < -0.39 is 0 Å². The molecule has 1 unspecified atom stereocenters. The van der Waals surface area contributed by atoms with Gasteiger partial charge in [-0.05, 0) is 29.8 Å². The van der Waals surface area contributed by atoms with Crippen molar-refractivity contribution in [1.29, 1.82) is 0 Å². The quantitative estimate of drug-likeness (QED) is 0.900. The van der Waals surface area contributed by atoms with Crippen molar-refractivity contribution in [3.8, 4) is 5.75 Å². The minimum atomic E-state index is 0.305. The molecule has 96 valence electrons. The molecular weight excluding hydrogens is 254 g/mol. The Balaban J connectivity index is 1.68. The second kappa shape index (κ2) is 5.41. The lowest BCUT2D eigenvalue weighted by atomic mass is 10.2. The molecule has 0 amide bonds. The van der Waals surface area contributed by atoms with Crippen molar-refractivity contribution in [2.75, 3.05) is 12.4 Å². The predicted molar refractivity (Wildman–Crippen MR) is 81.7 cm³/mol. The lowest BCUT2D eigenvalue weighted by molar-refractivity contribution is 0.415. The molecule has 0 aromatic heterocycles. The average molecular weight is 269 g/mol. The number of ether oxygens (including phenoxy) is 1. The smallest absolute Gasteiger partial charge is 0.118 e. The second-order valence-electron chi connectivity index (χ2n) is 4.31. The SMILES string of the molecule is COc1ccc(C=CC2Nc3ccccc3S2)cc1. The van der Waals surface area contributed by atoms with E-state index in [4.69, 9.17) is 4.74 Å². The number of nitrogens with one attached hydrogen (secondary N) is 1. The summed E-state index contributed by atoms with van der Waals surface area (Å²) < 4.78 is 5.15. The molecule has 2 nitrogen and oxygen atoms in total. The maximum atomic E-state index is 5.15. The molecule has 1 aliphatic heterocycles. The third-order valence-electron chi connectivity index (χ3n) is 3.02. The lowest BCUT2D eigenvalue weighted by Gasteiger charge is -2.04. The molecule has 0 bridgehead atoms. The Labute approximate surface area is 117 Å². The van der Waals surface area contributed by atoms with Gasteiger partial charge in [-0.3, -0.25) is 0 Å². The summed E-state index contributed by atoms with van der Waals surface area (Å²) in [4.78, 5) is 1.31. The van der Waals surface area contributed by atoms with Gasteiger partial charge in [-0.25, -0.2) is 0 Å². The summed E-state index contributed by atoms with van der Waals surface area (Å²) >= 11 is 1.84. The number of thioether (sulfide) groups is 1. The first-order chi connectivity index (χ1) is 9.35. The van der Waals surface area contributed by atoms with E-state index in [0.717, 1.165) is 5.75 Å². The fourth-order valence-corrected chi connectivity index (χ4v) is 3.04. The Morgan fingerprint density at radius 1 is 1.11 bits per heavy atom. The first-order valence-electron chi connectivity index (χ1n) is 6.19. The third kappa shape index (κ3) is 2.76. The molecule has 19 heavy (non-hydrogen) atoms. The maximum absolute atomic E-state index is 5.15. The highest BCUT2D eigenvalue weighted by Crippen LogP contribution is 2.38. The van der Waals surface area contributed by atoms with Gasteiger partial charge in [0.1, 0.15) is 5.75 Å². The van der Waals surface area contributed by atoms with Crippen molar-refractivity contribution in [3.05, 3.63) is 60.2 Å². The van der Waals surface area contributed by atoms with Crippen LogP contribution >= 0.6 is 11.8 Å². The van der Waals surface area contributed by atoms with Crippen LogP contribution in [-0.2, 0) is 0 Å². The Kier molecular flexibility index (Phi) is 3.47. The van der Waals surface area contributed by atoms with Crippen LogP contribution in [0.2, 0.25) is 0 Å². The first kappa shape index (κ1) is 12.2. The van der Waals surface area contributed by atoms with Gasteiger partial charge in [0.15, 0.2) is 0 Å². The van der Waals surface area contributed by atoms with Gasteiger partial charge in [-0.2, -0.15) is 0 Å². The minimum Gasteiger partial charge on any atom is -0.497 e. The molecule has 0 aliphatic carbocycles. The molecule has 2 aromatic carbocycles. The summed E-state index contributed by atoms with van der Waals surface area (Å²) in [5.41, 5.74) is 2.40. The minimum absolute atomic E-state index is 0.305. The van der Waals surface area contributed by atoms with Crippen molar-refractivity contribution in [3.63, 3.8) is 0 Å². The van der Waals surface area contributed by atoms with Gasteiger partial charge in [0.2, 0.25) is 0 Å². The molecule has 3 heteroatoms. The van der Waals surface area contributed by atoms with Crippen molar-refractivity contribution < 1.29 is 4.74 Å². The molecular formula is C16H15NOS. The second-order valence-corrected chi connectivity index (χ2v) is 5.49. The van der Waals surface area contributed by atoms with Gasteiger partial charge in [0.05, 0.1) is 12.5 Å². The monoisotopic (exact) mass is 269 g/mol. The number of hydrogen-bond acceptors (Lipinski definition) is 3. The molecule has 1 heterocycles. The van der Waals surface area contributed by atoms with E-state index in [1.807, 2.05) is 23.9 Å². The summed E-state index contributed by atoms with van der Waals surface area (Å²) in [6.07, 6.45) is 4.32. The molecule has 0 radical (unpaired) electrons. The van der Waals surface area contributed by atoms with Crippen molar-refractivity contribution in [2.24, 2.45) is 0 Å². The van der Waals surface area contributed by atoms with Crippen molar-refractivity contribution in [1.82, 2.24) is 0 Å². The van der Waals surface area contributed by atoms with Crippen LogP contribution in [0.4, 0.5) is 5.69 Å². The van der Waals surface area contributed by atoms with Crippen LogP contribution in [0.3, 0.4) is 0 Å². The van der Waals surface area contributed by atoms with Crippen LogP contribution < -0.4 is 10.1 Å². The summed E-state index contributed by atoms with van der Waals surface area (Å²) in [7, 11) is 1.68. The predicted octanol–water partition coefficient (Wildman–Crippen LogP) is 4.25. The van der Waals surface area contributed by atoms with Crippen LogP contribution in [0.5, 0.6) is 5.75 Å². The number of benzene rings is 2. The highest BCUT2D eigenvalue weighted by molar-refractivity contribution is 8.00. The normalized spacial score (nSPS) is 17.2. The van der Waals surface area contributed by atoms with Gasteiger partial charge >= 0.3 is 0 Å². The average Bonchev–Trinajstić information content (AvgIpc) is 2.88. The molecule has 0 spiro atoms. The molecule has 0 saturated heterocycles. The number of methoxy groups -OCH3 is 1. The summed E-state index contributed by atoms with van der Waals surface area (Å²) in [5.74, 6) is 0.887. The maximum Gasteiger partial charge on any atom is 0.118 e. The highest BCUT2D eigenvalue weighted by atomic mass is 32.2. The molecule has 1 atom stereocenters. The van der Waals surface area contributed by atoms with Crippen molar-refractivity contribution in [2.45, 2.75) is 10.3 Å². The molecule has 1 aliphatic rings. The van der Waals surface area contributed by atoms with E-state index in [-0.39, 0.29) is 0 Å². The van der Waals surface area contributed by atoms with Crippen LogP contribution in [0.25, 0.3) is 6.08 Å². The fraction of sp³-hybridized carbons (Fsp3) is 0.125. The molecule has 0 saturated carbocycles. The van der Waals surface area contributed by atoms with E-state index in [1.165, 1.54) is 16.1 Å². The Bertz CT molecular complexity index is 567. The first-order valence-corrected chi connectivity index (χ1v) is 7.07. The Morgan fingerprint density at radius 2 is 1.89 bits per heavy atom. The van der Waals surface area contributed by atoms with E-state index >= 15 is 0 Å². The summed E-state index contributed by atoms with van der Waals surface area (Å²) in [5, 5.41) is 3.78. The van der Waals surface area contributed by atoms with Crippen LogP contribution in [0, 0.1) is 0 Å². The summed E-state index contributed by atoms with van der Waals surface area (Å²) in [6.45, 7) is 0. The number of rotatable bonds is 3. The van der Waals surface area contributed by atoms with Crippen LogP contribution in [0.1, 0.15) is 5.56 Å². The Hall–Kier alpha value is -1.87. The molecule has 2 aromatic rings. The zero-order chi connectivity index (χ0) is 13.1. The largest absolute Gasteiger partial charge is 0.497 e. The highest BCUT2D eigenvalue weighted by Gasteiger charge is 2.17. The molecule has 3 rings (SSSR count). The summed E-state index contributed by atoms with van der Waals surface area (Å²) in [6, 6.07) is 16.5. The van der Waals surface area contributed by atoms with E-state index in [9.17, 15) is 0 Å². The van der Waals surface area contributed by atoms with Gasteiger partial charge in [-0.15, -0.1) is 0 Å². The van der Waals surface area contributed by atoms with Crippen LogP contribution in [-0.4, -0.2) is 12.5 Å². The van der Waals surface area contributed by atoms with Crippen LogP contribution in [0.15, 0.2) is 59.5 Å². The van der Waals surface area contributed by atoms with Gasteiger partial charge in [0, 0.05) is 10.6 Å². The van der Waals surface area contributed by atoms with Gasteiger partial charge in [0.25, 0.3) is 0 Å². The van der Waals surface area contributed by atoms with Crippen molar-refractivity contribution >= 4 is 23.5 Å². The van der Waals surface area contributed by atoms with E-state index in [1.54, 1.807) is 7.11 Å². The number of hydrogen-bond donors (Lipinski definition) is 1. The van der Waals surface area contributed by atoms with Gasteiger partial charge < -0.3 is 10.1 Å². The van der Waals surface area contributed by atoms with Gasteiger partial charge in [-0.1, -0.05) is 48.2 Å². The standard InChI is InChI=1S/C16H15NOS/c1-18-13-9-6-12(7-10-13)8-11-16-17-14-4-2-3-5-15(14)19-16/h2-11,16-17H,1H3. The topological polar surface area (TPSA) is 21.3 Å². The third-order valence-corrected chi connectivity index (χ3v) is 4.16. The lowest BCUT2D eigenvalue weighted by Crippen LogP contribution is -2.05. The molecule has 0 fully saturated rings. The molecule has 1 N–H and O–H groups in total. The number of anilines is 1. The van der Waals surface area contributed by atoms with E-state index in [0.29, 0.717) is 5.37 Å². The fourth-order valence-electron chi connectivity index (χ4n) is 2.01.